The highest BCUT2D eigenvalue weighted by molar-refractivity contribution is 7.99. The Hall–Kier alpha value is -1.23. The normalized spacial score (nSPS) is 11.2. The molecule has 1 aromatic heterocycles. The van der Waals surface area contributed by atoms with E-state index < -0.39 is 0 Å². The molecule has 0 saturated carbocycles. The van der Waals surface area contributed by atoms with Gasteiger partial charge < -0.3 is 10.1 Å². The van der Waals surface area contributed by atoms with Crippen LogP contribution in [0.15, 0.2) is 29.4 Å². The topological polar surface area (TPSA) is 47.2 Å². The van der Waals surface area contributed by atoms with Gasteiger partial charge in [-0.25, -0.2) is 0 Å². The van der Waals surface area contributed by atoms with Crippen molar-refractivity contribution in [1.29, 1.82) is 0 Å². The highest BCUT2D eigenvalue weighted by Gasteiger charge is 2.16. The van der Waals surface area contributed by atoms with Gasteiger partial charge in [-0.05, 0) is 42.5 Å². The van der Waals surface area contributed by atoms with Crippen LogP contribution in [0.4, 0.5) is 0 Å². The van der Waals surface area contributed by atoms with Crippen molar-refractivity contribution >= 4 is 17.7 Å². The Kier molecular flexibility index (Phi) is 8.31. The van der Waals surface area contributed by atoms with E-state index in [1.54, 1.807) is 12.1 Å². The minimum atomic E-state index is 0.121. The Morgan fingerprint density at radius 2 is 1.77 bits per heavy atom. The summed E-state index contributed by atoms with van der Waals surface area (Å²) in [6.45, 7) is 10.3. The number of amides is 1. The van der Waals surface area contributed by atoms with Crippen LogP contribution < -0.4 is 4.73 Å². The fourth-order valence-corrected chi connectivity index (χ4v) is 2.76. The summed E-state index contributed by atoms with van der Waals surface area (Å²) in [4.78, 5) is 14.4. The molecule has 0 fully saturated rings. The molecule has 0 aliphatic rings. The predicted octanol–water partition coefficient (Wildman–Crippen LogP) is 3.33. The molecule has 0 bridgehead atoms. The van der Waals surface area contributed by atoms with Crippen LogP contribution in [0.25, 0.3) is 0 Å². The van der Waals surface area contributed by atoms with Gasteiger partial charge in [-0.2, -0.15) is 4.73 Å². The predicted molar refractivity (Wildman–Crippen MR) is 91.6 cm³/mol. The van der Waals surface area contributed by atoms with Gasteiger partial charge >= 0.3 is 0 Å². The molecule has 5 heteroatoms. The van der Waals surface area contributed by atoms with Crippen molar-refractivity contribution in [2.45, 2.75) is 45.6 Å². The number of pyridine rings is 1. The molecule has 22 heavy (non-hydrogen) atoms. The smallest absolute Gasteiger partial charge is 0.251 e. The van der Waals surface area contributed by atoms with Gasteiger partial charge in [-0.3, -0.25) is 4.79 Å². The van der Waals surface area contributed by atoms with Crippen LogP contribution in [-0.4, -0.2) is 29.6 Å². The van der Waals surface area contributed by atoms with Crippen LogP contribution in [0.1, 0.15) is 40.5 Å². The second-order valence-electron chi connectivity index (χ2n) is 6.40. The van der Waals surface area contributed by atoms with Crippen molar-refractivity contribution in [3.63, 3.8) is 0 Å². The number of hydrogen-bond acceptors (Lipinski definition) is 3. The third-order valence-electron chi connectivity index (χ3n) is 3.44. The van der Waals surface area contributed by atoms with E-state index in [-0.39, 0.29) is 5.91 Å². The molecular weight excluding hydrogens is 296 g/mol. The van der Waals surface area contributed by atoms with Crippen LogP contribution in [0.5, 0.6) is 0 Å². The number of carbonyl (C=O) groups is 1. The van der Waals surface area contributed by atoms with E-state index in [1.165, 1.54) is 18.0 Å². The van der Waals surface area contributed by atoms with Gasteiger partial charge in [0.25, 0.3) is 5.03 Å². The number of carbonyl (C=O) groups excluding carboxylic acids is 1. The van der Waals surface area contributed by atoms with Crippen LogP contribution in [-0.2, 0) is 4.79 Å². The summed E-state index contributed by atoms with van der Waals surface area (Å²) >= 11 is 1.31. The molecule has 124 valence electrons. The van der Waals surface area contributed by atoms with E-state index in [4.69, 9.17) is 0 Å². The largest absolute Gasteiger partial charge is 0.618 e. The summed E-state index contributed by atoms with van der Waals surface area (Å²) in [6.07, 6.45) is 3.49. The molecule has 0 aliphatic carbocycles. The summed E-state index contributed by atoms with van der Waals surface area (Å²) in [7, 11) is 0. The van der Waals surface area contributed by atoms with Crippen LogP contribution in [0.2, 0.25) is 0 Å². The molecule has 0 spiro atoms. The minimum absolute atomic E-state index is 0.121. The lowest BCUT2D eigenvalue weighted by Gasteiger charge is -2.24. The Balaban J connectivity index is 2.56. The van der Waals surface area contributed by atoms with Crippen molar-refractivity contribution in [3.8, 4) is 0 Å². The maximum absolute atomic E-state index is 12.4. The van der Waals surface area contributed by atoms with Crippen molar-refractivity contribution in [2.75, 3.05) is 18.8 Å². The SMILES string of the molecule is CC(C)CCN(CCC(C)C)C(=O)CSc1cccc[n+]1[O-]. The van der Waals surface area contributed by atoms with Crippen LogP contribution in [0, 0.1) is 17.0 Å². The third kappa shape index (κ3) is 7.16. The Labute approximate surface area is 138 Å². The Bertz CT molecular complexity index is 452. The van der Waals surface area contributed by atoms with Crippen molar-refractivity contribution in [2.24, 2.45) is 11.8 Å². The summed E-state index contributed by atoms with van der Waals surface area (Å²) in [5, 5.41) is 12.2. The zero-order valence-electron chi connectivity index (χ0n) is 14.1. The first kappa shape index (κ1) is 18.8. The van der Waals surface area contributed by atoms with E-state index >= 15 is 0 Å². The first-order valence-electron chi connectivity index (χ1n) is 7.99. The van der Waals surface area contributed by atoms with E-state index in [9.17, 15) is 10.0 Å². The van der Waals surface area contributed by atoms with E-state index in [0.717, 1.165) is 30.7 Å². The molecule has 0 aromatic carbocycles. The van der Waals surface area contributed by atoms with Gasteiger partial charge in [0, 0.05) is 25.2 Å². The van der Waals surface area contributed by atoms with E-state index in [2.05, 4.69) is 27.7 Å². The van der Waals surface area contributed by atoms with E-state index in [1.807, 2.05) is 11.0 Å². The minimum Gasteiger partial charge on any atom is -0.618 e. The lowest BCUT2D eigenvalue weighted by molar-refractivity contribution is -0.645. The molecule has 4 nitrogen and oxygen atoms in total. The highest BCUT2D eigenvalue weighted by atomic mass is 32.2. The number of hydrogen-bond donors (Lipinski definition) is 0. The molecule has 0 radical (unpaired) electrons. The van der Waals surface area contributed by atoms with Crippen molar-refractivity contribution in [1.82, 2.24) is 4.90 Å². The zero-order chi connectivity index (χ0) is 16.5. The van der Waals surface area contributed by atoms with Gasteiger partial charge in [-0.15, -0.1) is 0 Å². The van der Waals surface area contributed by atoms with Crippen LogP contribution in [0.3, 0.4) is 0 Å². The average Bonchev–Trinajstić information content (AvgIpc) is 2.45. The van der Waals surface area contributed by atoms with E-state index in [0.29, 0.717) is 22.6 Å². The van der Waals surface area contributed by atoms with Gasteiger partial charge in [0.05, 0.1) is 5.75 Å². The molecule has 0 N–H and O–H groups in total. The third-order valence-corrected chi connectivity index (χ3v) is 4.44. The van der Waals surface area contributed by atoms with Gasteiger partial charge in [0.2, 0.25) is 5.91 Å². The first-order chi connectivity index (χ1) is 10.4. The molecule has 1 aromatic rings. The van der Waals surface area contributed by atoms with Gasteiger partial charge in [0.1, 0.15) is 0 Å². The maximum Gasteiger partial charge on any atom is 0.251 e. The molecule has 1 amide bonds. The summed E-state index contributed by atoms with van der Waals surface area (Å²) < 4.78 is 0.810. The van der Waals surface area contributed by atoms with Crippen molar-refractivity contribution < 1.29 is 9.52 Å². The lowest BCUT2D eigenvalue weighted by atomic mass is 10.1. The fourth-order valence-electron chi connectivity index (χ4n) is 1.94. The molecule has 0 atom stereocenters. The summed E-state index contributed by atoms with van der Waals surface area (Å²) in [6, 6.07) is 5.25. The molecule has 0 aliphatic heterocycles. The van der Waals surface area contributed by atoms with Gasteiger partial charge in [-0.1, -0.05) is 27.7 Å². The quantitative estimate of drug-likeness (QED) is 0.398. The molecule has 1 heterocycles. The molecular formula is C17H28N2O2S. The number of rotatable bonds is 9. The van der Waals surface area contributed by atoms with Crippen molar-refractivity contribution in [3.05, 3.63) is 29.6 Å². The molecule has 0 unspecified atom stereocenters. The summed E-state index contributed by atoms with van der Waals surface area (Å²) in [5.41, 5.74) is 0. The average molecular weight is 324 g/mol. The maximum atomic E-state index is 12.4. The number of aromatic nitrogens is 1. The second-order valence-corrected chi connectivity index (χ2v) is 7.39. The number of nitrogens with zero attached hydrogens (tertiary/aromatic N) is 2. The van der Waals surface area contributed by atoms with Crippen LogP contribution >= 0.6 is 11.8 Å². The Morgan fingerprint density at radius 1 is 1.18 bits per heavy atom. The Morgan fingerprint density at radius 3 is 2.27 bits per heavy atom. The molecule has 0 saturated heterocycles. The first-order valence-corrected chi connectivity index (χ1v) is 8.97. The lowest BCUT2D eigenvalue weighted by Crippen LogP contribution is -2.36. The monoisotopic (exact) mass is 324 g/mol. The summed E-state index contributed by atoms with van der Waals surface area (Å²) in [5.74, 6) is 1.61. The highest BCUT2D eigenvalue weighted by Crippen LogP contribution is 2.15. The van der Waals surface area contributed by atoms with Gasteiger partial charge in [0.15, 0.2) is 6.20 Å². The molecule has 1 rings (SSSR count). The zero-order valence-corrected chi connectivity index (χ0v) is 14.9. The second kappa shape index (κ2) is 9.72. The standard InChI is InChI=1S/C17H28N2O2S/c1-14(2)8-11-18(12-9-15(3)4)16(20)13-22-17-7-5-6-10-19(17)21/h5-7,10,14-15H,8-9,11-13H2,1-4H3. The number of thioether (sulfide) groups is 1. The fraction of sp³-hybridized carbons (Fsp3) is 0.647.